The summed E-state index contributed by atoms with van der Waals surface area (Å²) in [6.45, 7) is 5.32. The molecule has 0 aromatic heterocycles. The van der Waals surface area contributed by atoms with Crippen molar-refractivity contribution in [3.63, 3.8) is 0 Å². The van der Waals surface area contributed by atoms with E-state index in [4.69, 9.17) is 21.1 Å². The standard InChI is InChI=1S/C12H14ClIO3/c1-12(2,3)17-11(15)7-16-10-5-8(13)4-9(14)6-10/h4-6H,7H2,1-3H3. The third kappa shape index (κ3) is 6.12. The van der Waals surface area contributed by atoms with Gasteiger partial charge in [-0.05, 0) is 61.6 Å². The number of halogens is 2. The molecule has 0 spiro atoms. The van der Waals surface area contributed by atoms with Crippen molar-refractivity contribution in [3.05, 3.63) is 26.8 Å². The van der Waals surface area contributed by atoms with E-state index in [2.05, 4.69) is 22.6 Å². The van der Waals surface area contributed by atoms with Gasteiger partial charge in [0.15, 0.2) is 6.61 Å². The highest BCUT2D eigenvalue weighted by Crippen LogP contribution is 2.22. The van der Waals surface area contributed by atoms with E-state index in [0.29, 0.717) is 10.8 Å². The van der Waals surface area contributed by atoms with Gasteiger partial charge in [0.05, 0.1) is 0 Å². The molecule has 0 radical (unpaired) electrons. The molecule has 0 aliphatic heterocycles. The first-order chi connectivity index (χ1) is 7.76. The minimum absolute atomic E-state index is 0.117. The van der Waals surface area contributed by atoms with E-state index in [1.807, 2.05) is 26.8 Å². The van der Waals surface area contributed by atoms with Crippen LogP contribution in [0.3, 0.4) is 0 Å². The molecule has 0 saturated carbocycles. The van der Waals surface area contributed by atoms with Crippen LogP contribution in [0.1, 0.15) is 20.8 Å². The van der Waals surface area contributed by atoms with E-state index in [1.54, 1.807) is 12.1 Å². The van der Waals surface area contributed by atoms with Crippen molar-refractivity contribution in [2.75, 3.05) is 6.61 Å². The van der Waals surface area contributed by atoms with Crippen molar-refractivity contribution in [3.8, 4) is 5.75 Å². The number of hydrogen-bond donors (Lipinski definition) is 0. The van der Waals surface area contributed by atoms with Crippen molar-refractivity contribution < 1.29 is 14.3 Å². The molecule has 0 atom stereocenters. The van der Waals surface area contributed by atoms with E-state index in [9.17, 15) is 4.79 Å². The van der Waals surface area contributed by atoms with Crippen molar-refractivity contribution >= 4 is 40.2 Å². The van der Waals surface area contributed by atoms with Crippen LogP contribution in [0.4, 0.5) is 0 Å². The first-order valence-electron chi connectivity index (χ1n) is 5.07. The molecule has 1 aromatic rings. The van der Waals surface area contributed by atoms with Gasteiger partial charge in [0.2, 0.25) is 0 Å². The zero-order chi connectivity index (χ0) is 13.1. The Hall–Kier alpha value is -0.490. The molecule has 1 rings (SSSR count). The molecule has 0 heterocycles. The van der Waals surface area contributed by atoms with Crippen LogP contribution < -0.4 is 4.74 Å². The highest BCUT2D eigenvalue weighted by molar-refractivity contribution is 14.1. The Morgan fingerprint density at radius 2 is 2.00 bits per heavy atom. The zero-order valence-corrected chi connectivity index (χ0v) is 12.8. The van der Waals surface area contributed by atoms with Gasteiger partial charge in [-0.1, -0.05) is 11.6 Å². The minimum atomic E-state index is -0.497. The molecule has 0 aliphatic rings. The van der Waals surface area contributed by atoms with E-state index in [1.165, 1.54) is 0 Å². The van der Waals surface area contributed by atoms with Gasteiger partial charge >= 0.3 is 5.97 Å². The molecule has 94 valence electrons. The lowest BCUT2D eigenvalue weighted by atomic mass is 10.2. The van der Waals surface area contributed by atoms with E-state index in [0.717, 1.165) is 3.57 Å². The molecule has 0 unspecified atom stereocenters. The number of carbonyl (C=O) groups excluding carboxylic acids is 1. The predicted octanol–water partition coefficient (Wildman–Crippen LogP) is 3.67. The monoisotopic (exact) mass is 368 g/mol. The molecule has 0 N–H and O–H groups in total. The van der Waals surface area contributed by atoms with Crippen molar-refractivity contribution in [2.45, 2.75) is 26.4 Å². The van der Waals surface area contributed by atoms with Crippen LogP contribution in [-0.4, -0.2) is 18.2 Å². The molecule has 17 heavy (non-hydrogen) atoms. The third-order valence-corrected chi connectivity index (χ3v) is 2.45. The third-order valence-electron chi connectivity index (χ3n) is 1.61. The Bertz CT molecular complexity index is 392. The molecular formula is C12H14ClIO3. The van der Waals surface area contributed by atoms with Gasteiger partial charge in [-0.2, -0.15) is 0 Å². The maximum Gasteiger partial charge on any atom is 0.344 e. The fourth-order valence-electron chi connectivity index (χ4n) is 1.13. The van der Waals surface area contributed by atoms with Gasteiger partial charge in [-0.3, -0.25) is 0 Å². The molecule has 0 aliphatic carbocycles. The summed E-state index contributed by atoms with van der Waals surface area (Å²) >= 11 is 8.00. The Morgan fingerprint density at radius 3 is 2.53 bits per heavy atom. The van der Waals surface area contributed by atoms with Crippen molar-refractivity contribution in [1.29, 1.82) is 0 Å². The normalized spacial score (nSPS) is 11.1. The van der Waals surface area contributed by atoms with Crippen LogP contribution in [0.15, 0.2) is 18.2 Å². The van der Waals surface area contributed by atoms with Crippen LogP contribution in [0, 0.1) is 3.57 Å². The summed E-state index contributed by atoms with van der Waals surface area (Å²) in [7, 11) is 0. The van der Waals surface area contributed by atoms with E-state index in [-0.39, 0.29) is 6.61 Å². The lowest BCUT2D eigenvalue weighted by Crippen LogP contribution is -2.27. The number of carbonyl (C=O) groups is 1. The number of rotatable bonds is 3. The highest BCUT2D eigenvalue weighted by atomic mass is 127. The maximum absolute atomic E-state index is 11.4. The van der Waals surface area contributed by atoms with Crippen molar-refractivity contribution in [2.24, 2.45) is 0 Å². The summed E-state index contributed by atoms with van der Waals surface area (Å²) in [5.41, 5.74) is -0.497. The SMILES string of the molecule is CC(C)(C)OC(=O)COc1cc(Cl)cc(I)c1. The average molecular weight is 369 g/mol. The number of esters is 1. The van der Waals surface area contributed by atoms with Gasteiger partial charge in [-0.15, -0.1) is 0 Å². The summed E-state index contributed by atoms with van der Waals surface area (Å²) in [6.07, 6.45) is 0. The molecule has 5 heteroatoms. The topological polar surface area (TPSA) is 35.5 Å². The van der Waals surface area contributed by atoms with Crippen LogP contribution >= 0.6 is 34.2 Å². The van der Waals surface area contributed by atoms with Crippen LogP contribution in [0.5, 0.6) is 5.75 Å². The second-order valence-electron chi connectivity index (χ2n) is 4.48. The second-order valence-corrected chi connectivity index (χ2v) is 6.16. The fraction of sp³-hybridized carbons (Fsp3) is 0.417. The van der Waals surface area contributed by atoms with Crippen LogP contribution in [0.2, 0.25) is 5.02 Å². The molecule has 1 aromatic carbocycles. The summed E-state index contributed by atoms with van der Waals surface area (Å²) in [5.74, 6) is 0.167. The molecule has 3 nitrogen and oxygen atoms in total. The Balaban J connectivity index is 2.53. The summed E-state index contributed by atoms with van der Waals surface area (Å²) in [5, 5.41) is 0.580. The first kappa shape index (κ1) is 14.6. The van der Waals surface area contributed by atoms with E-state index >= 15 is 0 Å². The molecule has 0 amide bonds. The average Bonchev–Trinajstić information content (AvgIpc) is 2.10. The number of hydrogen-bond acceptors (Lipinski definition) is 3. The Morgan fingerprint density at radius 1 is 1.35 bits per heavy atom. The van der Waals surface area contributed by atoms with Gasteiger partial charge in [-0.25, -0.2) is 4.79 Å². The maximum atomic E-state index is 11.4. The largest absolute Gasteiger partial charge is 0.482 e. The van der Waals surface area contributed by atoms with Crippen LogP contribution in [0.25, 0.3) is 0 Å². The summed E-state index contributed by atoms with van der Waals surface area (Å²) in [6, 6.07) is 5.27. The minimum Gasteiger partial charge on any atom is -0.482 e. The summed E-state index contributed by atoms with van der Waals surface area (Å²) in [4.78, 5) is 11.4. The highest BCUT2D eigenvalue weighted by Gasteiger charge is 2.16. The van der Waals surface area contributed by atoms with Gasteiger partial charge in [0.25, 0.3) is 0 Å². The van der Waals surface area contributed by atoms with Gasteiger partial charge in [0, 0.05) is 8.59 Å². The Labute approximate surface area is 120 Å². The lowest BCUT2D eigenvalue weighted by molar-refractivity contribution is -0.157. The number of benzene rings is 1. The fourth-order valence-corrected chi connectivity index (χ4v) is 2.18. The quantitative estimate of drug-likeness (QED) is 0.603. The van der Waals surface area contributed by atoms with Gasteiger partial charge in [0.1, 0.15) is 11.4 Å². The van der Waals surface area contributed by atoms with Gasteiger partial charge < -0.3 is 9.47 Å². The second kappa shape index (κ2) is 5.91. The van der Waals surface area contributed by atoms with Crippen LogP contribution in [-0.2, 0) is 9.53 Å². The summed E-state index contributed by atoms with van der Waals surface area (Å²) < 4.78 is 11.4. The number of ether oxygens (including phenoxy) is 2. The molecule has 0 fully saturated rings. The Kier molecular flexibility index (Phi) is 5.06. The van der Waals surface area contributed by atoms with Crippen molar-refractivity contribution in [1.82, 2.24) is 0 Å². The zero-order valence-electron chi connectivity index (χ0n) is 9.92. The predicted molar refractivity (Wildman–Crippen MR) is 75.5 cm³/mol. The molecule has 0 bridgehead atoms. The molecule has 0 saturated heterocycles. The first-order valence-corrected chi connectivity index (χ1v) is 6.53. The lowest BCUT2D eigenvalue weighted by Gasteiger charge is -2.19. The van der Waals surface area contributed by atoms with E-state index < -0.39 is 11.6 Å². The molecular weight excluding hydrogens is 354 g/mol. The smallest absolute Gasteiger partial charge is 0.344 e.